The Morgan fingerprint density at radius 1 is 1.35 bits per heavy atom. The number of nitrogens with zero attached hydrogens (tertiary/aromatic N) is 1. The maximum absolute atomic E-state index is 12.7. The molecule has 1 fully saturated rings. The molecule has 0 aromatic carbocycles. The maximum Gasteiger partial charge on any atom is 0.340 e. The van der Waals surface area contributed by atoms with Crippen LogP contribution < -0.4 is 0 Å². The smallest absolute Gasteiger partial charge is 0.340 e. The van der Waals surface area contributed by atoms with Crippen LogP contribution in [-0.2, 0) is 14.8 Å². The van der Waals surface area contributed by atoms with E-state index in [2.05, 4.69) is 0 Å². The molecule has 0 radical (unpaired) electrons. The number of rotatable bonds is 3. The van der Waals surface area contributed by atoms with E-state index in [4.69, 9.17) is 9.15 Å². The molecule has 8 heteroatoms. The van der Waals surface area contributed by atoms with Crippen LogP contribution in [-0.4, -0.2) is 49.6 Å². The number of furan rings is 1. The number of morpholine rings is 1. The number of aromatic carboxylic acids is 1. The fourth-order valence-electron chi connectivity index (χ4n) is 2.41. The second kappa shape index (κ2) is 5.19. The third-order valence-corrected chi connectivity index (χ3v) is 5.46. The Morgan fingerprint density at radius 3 is 2.55 bits per heavy atom. The van der Waals surface area contributed by atoms with Crippen molar-refractivity contribution in [3.8, 4) is 0 Å². The highest BCUT2D eigenvalue weighted by Gasteiger charge is 2.38. The molecule has 0 amide bonds. The first kappa shape index (κ1) is 15.0. The summed E-state index contributed by atoms with van der Waals surface area (Å²) in [5.41, 5.74) is -0.291. The van der Waals surface area contributed by atoms with Crippen LogP contribution in [0.5, 0.6) is 0 Å². The number of ether oxygens (including phenoxy) is 1. The van der Waals surface area contributed by atoms with Crippen LogP contribution in [0.4, 0.5) is 0 Å². The summed E-state index contributed by atoms with van der Waals surface area (Å²) in [6.45, 7) is 5.40. The highest BCUT2D eigenvalue weighted by atomic mass is 32.2. The van der Waals surface area contributed by atoms with Crippen LogP contribution in [0.3, 0.4) is 0 Å². The molecule has 1 aliphatic heterocycles. The van der Waals surface area contributed by atoms with Gasteiger partial charge in [-0.05, 0) is 20.8 Å². The number of carbonyl (C=O) groups is 1. The summed E-state index contributed by atoms with van der Waals surface area (Å²) in [7, 11) is -3.92. The van der Waals surface area contributed by atoms with Gasteiger partial charge in [0.1, 0.15) is 22.0 Å². The van der Waals surface area contributed by atoms with Crippen molar-refractivity contribution >= 4 is 16.0 Å². The molecule has 0 spiro atoms. The van der Waals surface area contributed by atoms with E-state index in [-0.39, 0.29) is 41.2 Å². The number of sulfonamides is 1. The average molecular weight is 303 g/mol. The van der Waals surface area contributed by atoms with Crippen molar-refractivity contribution in [1.29, 1.82) is 0 Å². The molecule has 112 valence electrons. The molecular formula is C12H17NO6S. The molecule has 1 aromatic rings. The first-order valence-electron chi connectivity index (χ1n) is 6.19. The SMILES string of the molecule is Cc1oc(C)c(S(=O)(=O)N2CCOCC2C)c1C(=O)O. The van der Waals surface area contributed by atoms with Crippen molar-refractivity contribution in [2.45, 2.75) is 31.7 Å². The highest BCUT2D eigenvalue weighted by molar-refractivity contribution is 7.89. The summed E-state index contributed by atoms with van der Waals surface area (Å²) in [5, 5.41) is 9.22. The van der Waals surface area contributed by atoms with Crippen molar-refractivity contribution in [3.63, 3.8) is 0 Å². The third kappa shape index (κ3) is 2.34. The van der Waals surface area contributed by atoms with E-state index in [1.54, 1.807) is 6.92 Å². The maximum atomic E-state index is 12.7. The molecule has 1 aliphatic rings. The minimum atomic E-state index is -3.92. The molecule has 2 heterocycles. The zero-order valence-electron chi connectivity index (χ0n) is 11.5. The predicted octanol–water partition coefficient (Wildman–Crippen LogP) is 1.00. The van der Waals surface area contributed by atoms with Gasteiger partial charge in [-0.15, -0.1) is 0 Å². The molecule has 1 saturated heterocycles. The Labute approximate surface area is 117 Å². The first-order valence-corrected chi connectivity index (χ1v) is 7.63. The first-order chi connectivity index (χ1) is 9.26. The molecule has 0 bridgehead atoms. The minimum absolute atomic E-state index is 0.0921. The van der Waals surface area contributed by atoms with Crippen LogP contribution in [0, 0.1) is 13.8 Å². The lowest BCUT2D eigenvalue weighted by molar-refractivity contribution is 0.0391. The predicted molar refractivity (Wildman–Crippen MR) is 69.3 cm³/mol. The Bertz CT molecular complexity index is 633. The van der Waals surface area contributed by atoms with Crippen molar-refractivity contribution in [3.05, 3.63) is 17.1 Å². The van der Waals surface area contributed by atoms with E-state index in [1.807, 2.05) is 0 Å². The molecule has 0 saturated carbocycles. The van der Waals surface area contributed by atoms with Crippen molar-refractivity contribution in [2.75, 3.05) is 19.8 Å². The van der Waals surface area contributed by atoms with Gasteiger partial charge in [-0.3, -0.25) is 0 Å². The van der Waals surface area contributed by atoms with Crippen LogP contribution in [0.25, 0.3) is 0 Å². The van der Waals surface area contributed by atoms with E-state index in [0.717, 1.165) is 0 Å². The number of hydrogen-bond donors (Lipinski definition) is 1. The number of carboxylic acid groups (broad SMARTS) is 1. The normalized spacial score (nSPS) is 21.1. The second-order valence-electron chi connectivity index (χ2n) is 4.76. The van der Waals surface area contributed by atoms with Gasteiger partial charge in [0, 0.05) is 12.6 Å². The Balaban J connectivity index is 2.57. The molecule has 1 aromatic heterocycles. The lowest BCUT2D eigenvalue weighted by Gasteiger charge is -2.32. The third-order valence-electron chi connectivity index (χ3n) is 3.29. The largest absolute Gasteiger partial charge is 0.478 e. The van der Waals surface area contributed by atoms with Gasteiger partial charge in [0.2, 0.25) is 10.0 Å². The highest BCUT2D eigenvalue weighted by Crippen LogP contribution is 2.30. The van der Waals surface area contributed by atoms with E-state index >= 15 is 0 Å². The summed E-state index contributed by atoms with van der Waals surface area (Å²) in [6.07, 6.45) is 0. The van der Waals surface area contributed by atoms with Gasteiger partial charge in [0.25, 0.3) is 0 Å². The van der Waals surface area contributed by atoms with Gasteiger partial charge in [-0.1, -0.05) is 0 Å². The lowest BCUT2D eigenvalue weighted by atomic mass is 10.2. The Kier molecular flexibility index (Phi) is 3.90. The summed E-state index contributed by atoms with van der Waals surface area (Å²) in [4.78, 5) is 11.0. The molecular weight excluding hydrogens is 286 g/mol. The zero-order chi connectivity index (χ0) is 15.1. The van der Waals surface area contributed by atoms with Gasteiger partial charge in [-0.2, -0.15) is 4.31 Å². The molecule has 20 heavy (non-hydrogen) atoms. The number of carboxylic acids is 1. The van der Waals surface area contributed by atoms with E-state index in [0.29, 0.717) is 6.61 Å². The van der Waals surface area contributed by atoms with Crippen molar-refractivity contribution in [1.82, 2.24) is 4.31 Å². The molecule has 2 rings (SSSR count). The van der Waals surface area contributed by atoms with Crippen LogP contribution >= 0.6 is 0 Å². The molecule has 1 atom stereocenters. The van der Waals surface area contributed by atoms with Gasteiger partial charge < -0.3 is 14.3 Å². The van der Waals surface area contributed by atoms with Crippen molar-refractivity contribution < 1.29 is 27.5 Å². The fraction of sp³-hybridized carbons (Fsp3) is 0.583. The summed E-state index contributed by atoms with van der Waals surface area (Å²) >= 11 is 0. The summed E-state index contributed by atoms with van der Waals surface area (Å²) < 4.78 is 37.1. The van der Waals surface area contributed by atoms with Gasteiger partial charge in [0.05, 0.1) is 13.2 Å². The Hall–Kier alpha value is -1.38. The van der Waals surface area contributed by atoms with Crippen LogP contribution in [0.15, 0.2) is 9.31 Å². The minimum Gasteiger partial charge on any atom is -0.478 e. The monoisotopic (exact) mass is 303 g/mol. The molecule has 0 aliphatic carbocycles. The van der Waals surface area contributed by atoms with E-state index in [1.165, 1.54) is 18.2 Å². The second-order valence-corrected chi connectivity index (χ2v) is 6.59. The van der Waals surface area contributed by atoms with E-state index in [9.17, 15) is 18.3 Å². The summed E-state index contributed by atoms with van der Waals surface area (Å²) in [6, 6.07) is -0.343. The van der Waals surface area contributed by atoms with Crippen molar-refractivity contribution in [2.24, 2.45) is 0 Å². The molecule has 1 unspecified atom stereocenters. The van der Waals surface area contributed by atoms with Crippen LogP contribution in [0.1, 0.15) is 28.8 Å². The number of hydrogen-bond acceptors (Lipinski definition) is 5. The van der Waals surface area contributed by atoms with Gasteiger partial charge in [0.15, 0.2) is 0 Å². The molecule has 1 N–H and O–H groups in total. The standard InChI is InChI=1S/C12H17NO6S/c1-7-6-18-5-4-13(7)20(16,17)11-9(3)19-8(2)10(11)12(14)15/h7H,4-6H2,1-3H3,(H,14,15). The van der Waals surface area contributed by atoms with Crippen LogP contribution in [0.2, 0.25) is 0 Å². The quantitative estimate of drug-likeness (QED) is 0.895. The lowest BCUT2D eigenvalue weighted by Crippen LogP contribution is -2.47. The topological polar surface area (TPSA) is 97.0 Å². The van der Waals surface area contributed by atoms with Gasteiger partial charge in [-0.25, -0.2) is 13.2 Å². The summed E-state index contributed by atoms with van der Waals surface area (Å²) in [5.74, 6) is -1.12. The Morgan fingerprint density at radius 2 is 2.00 bits per heavy atom. The fourth-order valence-corrected chi connectivity index (χ4v) is 4.39. The van der Waals surface area contributed by atoms with E-state index < -0.39 is 16.0 Å². The zero-order valence-corrected chi connectivity index (χ0v) is 12.4. The van der Waals surface area contributed by atoms with Gasteiger partial charge >= 0.3 is 5.97 Å². The average Bonchev–Trinajstić information content (AvgIpc) is 2.65. The number of aryl methyl sites for hydroxylation is 2. The molecule has 7 nitrogen and oxygen atoms in total.